The molecule has 0 aliphatic heterocycles. The number of para-hydroxylation sites is 1. The second kappa shape index (κ2) is 9.44. The molecule has 2 aromatic heterocycles. The van der Waals surface area contributed by atoms with Gasteiger partial charge in [0.25, 0.3) is 11.5 Å². The number of nitrogens with zero attached hydrogens (tertiary/aromatic N) is 2. The molecule has 4 aromatic rings. The first-order chi connectivity index (χ1) is 16.3. The maximum atomic E-state index is 12.9. The van der Waals surface area contributed by atoms with Gasteiger partial charge in [-0.2, -0.15) is 9.78 Å². The summed E-state index contributed by atoms with van der Waals surface area (Å²) in [5.41, 5.74) is -0.709. The van der Waals surface area contributed by atoms with Crippen LogP contribution in [0.3, 0.4) is 0 Å². The van der Waals surface area contributed by atoms with E-state index in [1.165, 1.54) is 6.07 Å². The smallest absolute Gasteiger partial charge is 0.360 e. The summed E-state index contributed by atoms with van der Waals surface area (Å²) in [6, 6.07) is 14.4. The quantitative estimate of drug-likeness (QED) is 0.311. The average molecular weight is 524 g/mol. The first-order valence-electron chi connectivity index (χ1n) is 10.2. The molecule has 9 nitrogen and oxygen atoms in total. The molecule has 0 fully saturated rings. The highest BCUT2D eigenvalue weighted by Gasteiger charge is 2.22. The molecular formula is C24H18BrN3O6. The Balaban J connectivity index is 1.79. The predicted molar refractivity (Wildman–Crippen MR) is 129 cm³/mol. The van der Waals surface area contributed by atoms with Crippen LogP contribution in [0.2, 0.25) is 0 Å². The van der Waals surface area contributed by atoms with Crippen molar-refractivity contribution < 1.29 is 18.7 Å². The van der Waals surface area contributed by atoms with Gasteiger partial charge in [-0.05, 0) is 49.7 Å². The number of hydrogen-bond acceptors (Lipinski definition) is 7. The fourth-order valence-electron chi connectivity index (χ4n) is 3.32. The lowest BCUT2D eigenvalue weighted by molar-refractivity contribution is 0.0518. The van der Waals surface area contributed by atoms with Crippen LogP contribution in [-0.2, 0) is 4.74 Å². The van der Waals surface area contributed by atoms with Crippen LogP contribution in [0, 0.1) is 6.92 Å². The third-order valence-corrected chi connectivity index (χ3v) is 5.42. The van der Waals surface area contributed by atoms with Gasteiger partial charge in [-0.15, -0.1) is 0 Å². The number of fused-ring (bicyclic) bond motifs is 1. The molecule has 0 aliphatic carbocycles. The first kappa shape index (κ1) is 23.1. The zero-order valence-corrected chi connectivity index (χ0v) is 19.7. The van der Waals surface area contributed by atoms with Crippen molar-refractivity contribution in [2.75, 3.05) is 11.9 Å². The van der Waals surface area contributed by atoms with Crippen LogP contribution in [0.1, 0.15) is 33.3 Å². The monoisotopic (exact) mass is 523 g/mol. The number of ether oxygens (including phenoxy) is 1. The molecule has 0 saturated heterocycles. The summed E-state index contributed by atoms with van der Waals surface area (Å²) >= 11 is 3.33. The van der Waals surface area contributed by atoms with E-state index < -0.39 is 23.1 Å². The number of hydrogen-bond donors (Lipinski definition) is 1. The van der Waals surface area contributed by atoms with E-state index in [0.29, 0.717) is 16.7 Å². The molecule has 4 rings (SSSR count). The second-order valence-electron chi connectivity index (χ2n) is 7.25. The van der Waals surface area contributed by atoms with Gasteiger partial charge in [0, 0.05) is 15.9 Å². The minimum absolute atomic E-state index is 0.0561. The molecule has 0 spiro atoms. The molecule has 0 bridgehead atoms. The number of carbonyl (C=O) groups excluding carboxylic acids is 2. The van der Waals surface area contributed by atoms with Crippen LogP contribution < -0.4 is 16.5 Å². The van der Waals surface area contributed by atoms with Gasteiger partial charge in [-0.3, -0.25) is 9.59 Å². The van der Waals surface area contributed by atoms with E-state index in [0.717, 1.165) is 20.8 Å². The number of anilines is 1. The van der Waals surface area contributed by atoms with Crippen molar-refractivity contribution in [3.8, 4) is 5.69 Å². The number of halogens is 1. The van der Waals surface area contributed by atoms with Crippen LogP contribution in [0.4, 0.5) is 5.69 Å². The maximum Gasteiger partial charge on any atom is 0.360 e. The Bertz CT molecular complexity index is 1560. The van der Waals surface area contributed by atoms with Crippen molar-refractivity contribution in [3.05, 3.63) is 96.7 Å². The third kappa shape index (κ3) is 4.53. The topological polar surface area (TPSA) is 120 Å². The van der Waals surface area contributed by atoms with E-state index in [1.807, 2.05) is 0 Å². The molecule has 34 heavy (non-hydrogen) atoms. The lowest BCUT2D eigenvalue weighted by atomic mass is 10.1. The molecule has 0 radical (unpaired) electrons. The molecule has 1 N–H and O–H groups in total. The summed E-state index contributed by atoms with van der Waals surface area (Å²) in [6.07, 6.45) is 0. The number of aryl methyl sites for hydroxylation is 1. The largest absolute Gasteiger partial charge is 0.461 e. The third-order valence-electron chi connectivity index (χ3n) is 4.93. The Hall–Kier alpha value is -4.05. The minimum atomic E-state index is -0.869. The molecular weight excluding hydrogens is 506 g/mol. The number of esters is 1. The summed E-state index contributed by atoms with van der Waals surface area (Å²) < 4.78 is 12.1. The van der Waals surface area contributed by atoms with Gasteiger partial charge >= 0.3 is 11.6 Å². The summed E-state index contributed by atoms with van der Waals surface area (Å²) in [6.45, 7) is 3.47. The summed E-state index contributed by atoms with van der Waals surface area (Å²) in [5.74, 6) is -1.70. The van der Waals surface area contributed by atoms with Gasteiger partial charge in [0.1, 0.15) is 11.1 Å². The van der Waals surface area contributed by atoms with Gasteiger partial charge < -0.3 is 14.5 Å². The highest BCUT2D eigenvalue weighted by molar-refractivity contribution is 9.10. The Labute approximate surface area is 201 Å². The van der Waals surface area contributed by atoms with Gasteiger partial charge in [-0.25, -0.2) is 9.59 Å². The number of carbonyl (C=O) groups is 2. The first-order valence-corrected chi connectivity index (χ1v) is 11.0. The predicted octanol–water partition coefficient (Wildman–Crippen LogP) is 3.84. The number of nitrogens with one attached hydrogen (secondary N) is 1. The van der Waals surface area contributed by atoms with Crippen LogP contribution in [-0.4, -0.2) is 28.3 Å². The van der Waals surface area contributed by atoms with Crippen molar-refractivity contribution in [2.24, 2.45) is 0 Å². The van der Waals surface area contributed by atoms with Crippen molar-refractivity contribution in [1.29, 1.82) is 0 Å². The van der Waals surface area contributed by atoms with Crippen molar-refractivity contribution in [2.45, 2.75) is 13.8 Å². The number of amides is 1. The molecule has 0 unspecified atom stereocenters. The summed E-state index contributed by atoms with van der Waals surface area (Å²) in [4.78, 5) is 50.8. The normalized spacial score (nSPS) is 10.8. The van der Waals surface area contributed by atoms with Crippen LogP contribution in [0.5, 0.6) is 0 Å². The highest BCUT2D eigenvalue weighted by Crippen LogP contribution is 2.21. The number of rotatable bonds is 5. The van der Waals surface area contributed by atoms with E-state index in [4.69, 9.17) is 9.15 Å². The molecule has 10 heteroatoms. The molecule has 0 aliphatic rings. The SMILES string of the molecule is CCOC(=O)c1nn(-c2ccccc2C)c(=O)cc1NC(=O)c1cc2cc(Br)ccc2oc1=O. The Morgan fingerprint density at radius 3 is 2.62 bits per heavy atom. The zero-order chi connectivity index (χ0) is 24.4. The number of benzene rings is 2. The fourth-order valence-corrected chi connectivity index (χ4v) is 3.70. The maximum absolute atomic E-state index is 12.9. The lowest BCUT2D eigenvalue weighted by Gasteiger charge is -2.13. The Kier molecular flexibility index (Phi) is 6.42. The Morgan fingerprint density at radius 1 is 1.12 bits per heavy atom. The van der Waals surface area contributed by atoms with Gasteiger partial charge in [0.15, 0.2) is 5.69 Å². The van der Waals surface area contributed by atoms with Gasteiger partial charge in [0.2, 0.25) is 0 Å². The van der Waals surface area contributed by atoms with Gasteiger partial charge in [0.05, 0.1) is 18.0 Å². The average Bonchev–Trinajstić information content (AvgIpc) is 2.79. The minimum Gasteiger partial charge on any atom is -0.461 e. The van der Waals surface area contributed by atoms with Crippen molar-refractivity contribution in [1.82, 2.24) is 9.78 Å². The van der Waals surface area contributed by atoms with E-state index in [1.54, 1.807) is 56.3 Å². The molecule has 0 saturated carbocycles. The van der Waals surface area contributed by atoms with Crippen molar-refractivity contribution in [3.63, 3.8) is 0 Å². The van der Waals surface area contributed by atoms with E-state index in [9.17, 15) is 19.2 Å². The second-order valence-corrected chi connectivity index (χ2v) is 8.16. The number of aromatic nitrogens is 2. The lowest BCUT2D eigenvalue weighted by Crippen LogP contribution is -2.28. The molecule has 2 heterocycles. The molecule has 2 aromatic carbocycles. The Morgan fingerprint density at radius 2 is 1.88 bits per heavy atom. The summed E-state index contributed by atoms with van der Waals surface area (Å²) in [5, 5.41) is 7.10. The molecule has 1 amide bonds. The molecule has 172 valence electrons. The van der Waals surface area contributed by atoms with E-state index in [2.05, 4.69) is 26.3 Å². The standard InChI is InChI=1S/C24H18BrN3O6/c1-3-33-24(32)21-17(12-20(29)28(27-21)18-7-5-4-6-13(18)2)26-22(30)16-11-14-10-15(25)8-9-19(14)34-23(16)31/h4-12H,3H2,1-2H3,(H,26,30). The summed E-state index contributed by atoms with van der Waals surface area (Å²) in [7, 11) is 0. The van der Waals surface area contributed by atoms with E-state index in [-0.39, 0.29) is 23.6 Å². The molecule has 0 atom stereocenters. The highest BCUT2D eigenvalue weighted by atomic mass is 79.9. The van der Waals surface area contributed by atoms with Crippen LogP contribution >= 0.6 is 15.9 Å². The van der Waals surface area contributed by atoms with Crippen LogP contribution in [0.25, 0.3) is 16.7 Å². The van der Waals surface area contributed by atoms with Gasteiger partial charge in [-0.1, -0.05) is 34.1 Å². The zero-order valence-electron chi connectivity index (χ0n) is 18.1. The van der Waals surface area contributed by atoms with Crippen LogP contribution in [0.15, 0.2) is 73.1 Å². The van der Waals surface area contributed by atoms with Crippen molar-refractivity contribution >= 4 is 44.5 Å². The fraction of sp³-hybridized carbons (Fsp3) is 0.125. The van der Waals surface area contributed by atoms with E-state index >= 15 is 0 Å².